The minimum atomic E-state index is -1.03. The smallest absolute Gasteiger partial charge is 0.191 e. The minimum absolute atomic E-state index is 0. The lowest BCUT2D eigenvalue weighted by Crippen LogP contribution is -2.51. The third-order valence-corrected chi connectivity index (χ3v) is 4.99. The van der Waals surface area contributed by atoms with E-state index in [4.69, 9.17) is 17.3 Å². The molecule has 0 aliphatic carbocycles. The molecule has 1 atom stereocenters. The number of rotatable bonds is 4. The number of guanidine groups is 1. The van der Waals surface area contributed by atoms with Crippen molar-refractivity contribution >= 4 is 47.2 Å². The highest BCUT2D eigenvalue weighted by atomic mass is 127. The molecule has 1 unspecified atom stereocenters. The van der Waals surface area contributed by atoms with Crippen LogP contribution in [-0.4, -0.2) is 48.7 Å². The molecule has 2 aromatic carbocycles. The van der Waals surface area contributed by atoms with Crippen LogP contribution in [0.15, 0.2) is 59.6 Å². The SMILES string of the molecule is CC(O)(CN=C(N)N1CCN(c2ccc(Cl)cc2)CC1)c1ccccc1.I. The van der Waals surface area contributed by atoms with Crippen LogP contribution in [0.3, 0.4) is 0 Å². The molecule has 3 N–H and O–H groups in total. The summed E-state index contributed by atoms with van der Waals surface area (Å²) in [5.74, 6) is 0.483. The molecule has 0 radical (unpaired) electrons. The fourth-order valence-electron chi connectivity index (χ4n) is 3.07. The molecule has 27 heavy (non-hydrogen) atoms. The molecule has 0 spiro atoms. The van der Waals surface area contributed by atoms with Gasteiger partial charge in [-0.3, -0.25) is 0 Å². The van der Waals surface area contributed by atoms with E-state index in [1.54, 1.807) is 6.92 Å². The van der Waals surface area contributed by atoms with Crippen molar-refractivity contribution < 1.29 is 5.11 Å². The standard InChI is InChI=1S/C20H25ClN4O.HI/c1-20(26,16-5-3-2-4-6-16)15-23-19(22)25-13-11-24(12-14-25)18-9-7-17(21)8-10-18;/h2-10,26H,11-15H2,1H3,(H2,22,23);1H. The Kier molecular flexibility index (Phi) is 7.76. The number of aliphatic imine (C=N–C) groups is 1. The van der Waals surface area contributed by atoms with Crippen molar-refractivity contribution in [2.45, 2.75) is 12.5 Å². The first-order chi connectivity index (χ1) is 12.5. The summed E-state index contributed by atoms with van der Waals surface area (Å²) in [7, 11) is 0. The van der Waals surface area contributed by atoms with Crippen LogP contribution in [0.1, 0.15) is 12.5 Å². The highest BCUT2D eigenvalue weighted by Gasteiger charge is 2.24. The molecule has 0 aromatic heterocycles. The van der Waals surface area contributed by atoms with E-state index < -0.39 is 5.60 Å². The van der Waals surface area contributed by atoms with Crippen LogP contribution in [0.4, 0.5) is 5.69 Å². The Morgan fingerprint density at radius 3 is 2.26 bits per heavy atom. The Hall–Kier alpha value is -1.51. The third-order valence-electron chi connectivity index (χ3n) is 4.74. The van der Waals surface area contributed by atoms with Gasteiger partial charge in [0.05, 0.1) is 6.54 Å². The second kappa shape index (κ2) is 9.61. The van der Waals surface area contributed by atoms with Crippen molar-refractivity contribution in [3.63, 3.8) is 0 Å². The van der Waals surface area contributed by atoms with Gasteiger partial charge in [-0.25, -0.2) is 4.99 Å². The van der Waals surface area contributed by atoms with E-state index >= 15 is 0 Å². The number of anilines is 1. The lowest BCUT2D eigenvalue weighted by Gasteiger charge is -2.37. The lowest BCUT2D eigenvalue weighted by atomic mass is 9.96. The molecule has 1 fully saturated rings. The molecule has 5 nitrogen and oxygen atoms in total. The van der Waals surface area contributed by atoms with Crippen molar-refractivity contribution in [2.24, 2.45) is 10.7 Å². The molecular weight excluding hydrogens is 475 g/mol. The van der Waals surface area contributed by atoms with Gasteiger partial charge in [0.2, 0.25) is 0 Å². The fourth-order valence-corrected chi connectivity index (χ4v) is 3.20. The monoisotopic (exact) mass is 500 g/mol. The van der Waals surface area contributed by atoms with Gasteiger partial charge in [0, 0.05) is 36.9 Å². The van der Waals surface area contributed by atoms with Crippen molar-refractivity contribution in [2.75, 3.05) is 37.6 Å². The van der Waals surface area contributed by atoms with Crippen LogP contribution in [0.5, 0.6) is 0 Å². The van der Waals surface area contributed by atoms with Gasteiger partial charge in [-0.1, -0.05) is 41.9 Å². The Labute approximate surface area is 182 Å². The Balaban J connectivity index is 0.00000261. The van der Waals surface area contributed by atoms with Crippen LogP contribution >= 0.6 is 35.6 Å². The average molecular weight is 501 g/mol. The Morgan fingerprint density at radius 1 is 1.07 bits per heavy atom. The number of nitrogens with two attached hydrogens (primary N) is 1. The first kappa shape index (κ1) is 21.8. The quantitative estimate of drug-likeness (QED) is 0.384. The summed E-state index contributed by atoms with van der Waals surface area (Å²) in [5, 5.41) is 11.4. The molecular formula is C20H26ClIN4O. The van der Waals surface area contributed by atoms with Crippen LogP contribution in [0.25, 0.3) is 0 Å². The molecule has 146 valence electrons. The molecule has 1 heterocycles. The zero-order chi connectivity index (χ0) is 18.6. The minimum Gasteiger partial charge on any atom is -0.384 e. The fraction of sp³-hybridized carbons (Fsp3) is 0.350. The van der Waals surface area contributed by atoms with E-state index in [9.17, 15) is 5.11 Å². The Morgan fingerprint density at radius 2 is 1.67 bits per heavy atom. The number of benzene rings is 2. The summed E-state index contributed by atoms with van der Waals surface area (Å²) >= 11 is 5.95. The summed E-state index contributed by atoms with van der Waals surface area (Å²) in [6, 6.07) is 17.4. The third kappa shape index (κ3) is 5.73. The average Bonchev–Trinajstić information content (AvgIpc) is 2.68. The highest BCUT2D eigenvalue weighted by Crippen LogP contribution is 2.21. The van der Waals surface area contributed by atoms with Gasteiger partial charge >= 0.3 is 0 Å². The number of hydrogen-bond donors (Lipinski definition) is 2. The largest absolute Gasteiger partial charge is 0.384 e. The van der Waals surface area contributed by atoms with Crippen molar-refractivity contribution in [1.82, 2.24) is 4.90 Å². The van der Waals surface area contributed by atoms with Gasteiger partial charge in [0.1, 0.15) is 5.60 Å². The topological polar surface area (TPSA) is 65.1 Å². The first-order valence-corrected chi connectivity index (χ1v) is 9.17. The second-order valence-corrected chi connectivity index (χ2v) is 7.20. The number of halogens is 2. The zero-order valence-corrected chi connectivity index (χ0v) is 18.5. The molecule has 0 saturated carbocycles. The molecule has 3 rings (SSSR count). The van der Waals surface area contributed by atoms with E-state index in [2.05, 4.69) is 14.8 Å². The lowest BCUT2D eigenvalue weighted by molar-refractivity contribution is 0.0670. The van der Waals surface area contributed by atoms with Crippen LogP contribution < -0.4 is 10.6 Å². The van der Waals surface area contributed by atoms with Gasteiger partial charge in [0.25, 0.3) is 0 Å². The van der Waals surface area contributed by atoms with Crippen molar-refractivity contribution in [1.29, 1.82) is 0 Å². The van der Waals surface area contributed by atoms with Gasteiger partial charge in [-0.2, -0.15) is 0 Å². The summed E-state index contributed by atoms with van der Waals surface area (Å²) in [4.78, 5) is 8.81. The molecule has 1 aliphatic heterocycles. The molecule has 0 amide bonds. The van der Waals surface area contributed by atoms with Gasteiger partial charge in [-0.05, 0) is 36.8 Å². The van der Waals surface area contributed by atoms with Gasteiger partial charge in [-0.15, -0.1) is 24.0 Å². The number of aliphatic hydroxyl groups is 1. The first-order valence-electron chi connectivity index (χ1n) is 8.79. The molecule has 0 bridgehead atoms. The summed E-state index contributed by atoms with van der Waals surface area (Å²) in [5.41, 5.74) is 7.14. The number of hydrogen-bond acceptors (Lipinski definition) is 3. The molecule has 2 aromatic rings. The normalized spacial score (nSPS) is 17.2. The maximum Gasteiger partial charge on any atom is 0.191 e. The predicted molar refractivity (Wildman–Crippen MR) is 123 cm³/mol. The number of nitrogens with zero attached hydrogens (tertiary/aromatic N) is 3. The van der Waals surface area contributed by atoms with E-state index in [1.165, 1.54) is 0 Å². The predicted octanol–water partition coefficient (Wildman–Crippen LogP) is 3.30. The maximum absolute atomic E-state index is 10.6. The van der Waals surface area contributed by atoms with Crippen LogP contribution in [0, 0.1) is 0 Å². The van der Waals surface area contributed by atoms with Crippen LogP contribution in [0.2, 0.25) is 5.02 Å². The summed E-state index contributed by atoms with van der Waals surface area (Å²) < 4.78 is 0. The van der Waals surface area contributed by atoms with Crippen LogP contribution in [-0.2, 0) is 5.60 Å². The maximum atomic E-state index is 10.6. The van der Waals surface area contributed by atoms with E-state index in [0.717, 1.165) is 42.5 Å². The second-order valence-electron chi connectivity index (χ2n) is 6.76. The van der Waals surface area contributed by atoms with E-state index in [1.807, 2.05) is 54.6 Å². The number of piperazine rings is 1. The van der Waals surface area contributed by atoms with Crippen molar-refractivity contribution in [3.05, 3.63) is 65.2 Å². The summed E-state index contributed by atoms with van der Waals surface area (Å²) in [6.45, 7) is 5.33. The summed E-state index contributed by atoms with van der Waals surface area (Å²) in [6.07, 6.45) is 0. The van der Waals surface area contributed by atoms with Crippen molar-refractivity contribution in [3.8, 4) is 0 Å². The van der Waals surface area contributed by atoms with Gasteiger partial charge in [0.15, 0.2) is 5.96 Å². The molecule has 1 aliphatic rings. The molecule has 7 heteroatoms. The highest BCUT2D eigenvalue weighted by molar-refractivity contribution is 14.0. The van der Waals surface area contributed by atoms with E-state index in [-0.39, 0.29) is 30.5 Å². The Bertz CT molecular complexity index is 744. The van der Waals surface area contributed by atoms with Gasteiger partial charge < -0.3 is 20.6 Å². The zero-order valence-electron chi connectivity index (χ0n) is 15.4. The van der Waals surface area contributed by atoms with E-state index in [0.29, 0.717) is 5.96 Å². The molecule has 1 saturated heterocycles.